The minimum Gasteiger partial charge on any atom is -0.345 e. The molecule has 0 fully saturated rings. The van der Waals surface area contributed by atoms with Gasteiger partial charge in [-0.1, -0.05) is 27.2 Å². The van der Waals surface area contributed by atoms with Crippen LogP contribution in [0.4, 0.5) is 0 Å². The molecular formula is C10H21NOS. The van der Waals surface area contributed by atoms with Crippen LogP contribution < -0.4 is 0 Å². The van der Waals surface area contributed by atoms with Crippen molar-refractivity contribution in [2.45, 2.75) is 38.9 Å². The van der Waals surface area contributed by atoms with Gasteiger partial charge in [-0.2, -0.15) is 12.6 Å². The Morgan fingerprint density at radius 2 is 2.00 bits per heavy atom. The van der Waals surface area contributed by atoms with E-state index < -0.39 is 0 Å². The van der Waals surface area contributed by atoms with E-state index in [1.54, 1.807) is 4.90 Å². The molecule has 0 aromatic rings. The van der Waals surface area contributed by atoms with Crippen molar-refractivity contribution in [1.82, 2.24) is 4.90 Å². The van der Waals surface area contributed by atoms with Crippen molar-refractivity contribution in [1.29, 1.82) is 0 Å². The number of thiol groups is 1. The van der Waals surface area contributed by atoms with E-state index in [9.17, 15) is 4.79 Å². The maximum absolute atomic E-state index is 11.6. The maximum Gasteiger partial charge on any atom is 0.235 e. The average molecular weight is 203 g/mol. The molecule has 2 nitrogen and oxygen atoms in total. The molecule has 0 saturated carbocycles. The minimum absolute atomic E-state index is 0.145. The Balaban J connectivity index is 3.94. The van der Waals surface area contributed by atoms with Gasteiger partial charge in [0.2, 0.25) is 5.91 Å². The van der Waals surface area contributed by atoms with Crippen LogP contribution >= 0.6 is 12.6 Å². The quantitative estimate of drug-likeness (QED) is 0.679. The molecule has 0 aliphatic heterocycles. The molecule has 0 bridgehead atoms. The first kappa shape index (κ1) is 12.8. The van der Waals surface area contributed by atoms with Crippen LogP contribution in [0.3, 0.4) is 0 Å². The van der Waals surface area contributed by atoms with Crippen LogP contribution in [0.5, 0.6) is 0 Å². The van der Waals surface area contributed by atoms with Crippen molar-refractivity contribution in [3.63, 3.8) is 0 Å². The first-order valence-corrected chi connectivity index (χ1v) is 5.45. The van der Waals surface area contributed by atoms with E-state index in [0.29, 0.717) is 5.92 Å². The van der Waals surface area contributed by atoms with Crippen molar-refractivity contribution in [3.05, 3.63) is 0 Å². The molecule has 0 rings (SSSR count). The van der Waals surface area contributed by atoms with Crippen LogP contribution in [0.2, 0.25) is 0 Å². The van der Waals surface area contributed by atoms with E-state index in [4.69, 9.17) is 0 Å². The van der Waals surface area contributed by atoms with Gasteiger partial charge in [0.25, 0.3) is 0 Å². The summed E-state index contributed by atoms with van der Waals surface area (Å²) in [6.45, 7) is 7.00. The molecule has 0 saturated heterocycles. The lowest BCUT2D eigenvalue weighted by Crippen LogP contribution is -2.36. The molecule has 3 heteroatoms. The third-order valence-corrected chi connectivity index (χ3v) is 2.92. The average Bonchev–Trinajstić information content (AvgIpc) is 2.11. The SMILES string of the molecule is CCCCN(C)C(=O)C(S)C(C)C. The third-order valence-electron chi connectivity index (χ3n) is 2.11. The second-order valence-electron chi connectivity index (χ2n) is 3.80. The summed E-state index contributed by atoms with van der Waals surface area (Å²) < 4.78 is 0. The topological polar surface area (TPSA) is 20.3 Å². The zero-order valence-corrected chi connectivity index (χ0v) is 9.97. The van der Waals surface area contributed by atoms with Crippen molar-refractivity contribution >= 4 is 18.5 Å². The number of hydrogen-bond donors (Lipinski definition) is 1. The van der Waals surface area contributed by atoms with Gasteiger partial charge in [0.1, 0.15) is 0 Å². The smallest absolute Gasteiger partial charge is 0.235 e. The zero-order valence-electron chi connectivity index (χ0n) is 9.08. The summed E-state index contributed by atoms with van der Waals surface area (Å²) in [5, 5.41) is -0.151. The van der Waals surface area contributed by atoms with Crippen LogP contribution in [0.15, 0.2) is 0 Å². The summed E-state index contributed by atoms with van der Waals surface area (Å²) in [6, 6.07) is 0. The van der Waals surface area contributed by atoms with E-state index in [1.165, 1.54) is 0 Å². The molecule has 0 spiro atoms. The molecule has 0 heterocycles. The Morgan fingerprint density at radius 1 is 1.46 bits per heavy atom. The maximum atomic E-state index is 11.6. The van der Waals surface area contributed by atoms with E-state index in [-0.39, 0.29) is 11.2 Å². The highest BCUT2D eigenvalue weighted by Crippen LogP contribution is 2.11. The van der Waals surface area contributed by atoms with Crippen molar-refractivity contribution in [3.8, 4) is 0 Å². The van der Waals surface area contributed by atoms with Gasteiger partial charge in [0.05, 0.1) is 5.25 Å². The second-order valence-corrected chi connectivity index (χ2v) is 4.36. The Kier molecular flexibility index (Phi) is 6.21. The standard InChI is InChI=1S/C10H21NOS/c1-5-6-7-11(4)10(12)9(13)8(2)3/h8-9,13H,5-7H2,1-4H3. The van der Waals surface area contributed by atoms with Crippen molar-refractivity contribution in [2.24, 2.45) is 5.92 Å². The Labute approximate surface area is 87.1 Å². The van der Waals surface area contributed by atoms with Crippen LogP contribution in [0.25, 0.3) is 0 Å². The summed E-state index contributed by atoms with van der Waals surface area (Å²) in [4.78, 5) is 13.4. The lowest BCUT2D eigenvalue weighted by molar-refractivity contribution is -0.130. The Hall–Kier alpha value is -0.180. The van der Waals surface area contributed by atoms with E-state index in [0.717, 1.165) is 19.4 Å². The largest absolute Gasteiger partial charge is 0.345 e. The molecule has 78 valence electrons. The predicted octanol–water partition coefficient (Wildman–Crippen LogP) is 2.20. The molecule has 0 aliphatic rings. The van der Waals surface area contributed by atoms with E-state index in [1.807, 2.05) is 20.9 Å². The fourth-order valence-corrected chi connectivity index (χ4v) is 1.21. The molecule has 0 aliphatic carbocycles. The van der Waals surface area contributed by atoms with Gasteiger partial charge >= 0.3 is 0 Å². The number of rotatable bonds is 5. The fraction of sp³-hybridized carbons (Fsp3) is 0.900. The van der Waals surface area contributed by atoms with Gasteiger partial charge in [0, 0.05) is 13.6 Å². The van der Waals surface area contributed by atoms with Crippen LogP contribution in [-0.2, 0) is 4.79 Å². The highest BCUT2D eigenvalue weighted by molar-refractivity contribution is 7.81. The minimum atomic E-state index is -0.151. The number of nitrogens with zero attached hydrogens (tertiary/aromatic N) is 1. The molecule has 1 amide bonds. The first-order chi connectivity index (χ1) is 6.00. The van der Waals surface area contributed by atoms with Gasteiger partial charge in [-0.15, -0.1) is 0 Å². The molecule has 0 radical (unpaired) electrons. The number of amides is 1. The summed E-state index contributed by atoms with van der Waals surface area (Å²) in [6.07, 6.45) is 2.19. The molecule has 0 aromatic heterocycles. The number of carbonyl (C=O) groups is 1. The summed E-state index contributed by atoms with van der Waals surface area (Å²) in [5.41, 5.74) is 0. The fourth-order valence-electron chi connectivity index (χ4n) is 1.02. The molecule has 0 N–H and O–H groups in total. The lowest BCUT2D eigenvalue weighted by atomic mass is 10.1. The van der Waals surface area contributed by atoms with Gasteiger partial charge in [0.15, 0.2) is 0 Å². The van der Waals surface area contributed by atoms with Gasteiger partial charge in [-0.3, -0.25) is 4.79 Å². The normalized spacial score (nSPS) is 13.1. The Bertz CT molecular complexity index is 159. The monoisotopic (exact) mass is 203 g/mol. The van der Waals surface area contributed by atoms with Gasteiger partial charge < -0.3 is 4.90 Å². The number of hydrogen-bond acceptors (Lipinski definition) is 2. The summed E-state index contributed by atoms with van der Waals surface area (Å²) >= 11 is 4.29. The van der Waals surface area contributed by atoms with Gasteiger partial charge in [-0.25, -0.2) is 0 Å². The van der Waals surface area contributed by atoms with Crippen LogP contribution in [-0.4, -0.2) is 29.6 Å². The summed E-state index contributed by atoms with van der Waals surface area (Å²) in [7, 11) is 1.85. The first-order valence-electron chi connectivity index (χ1n) is 4.93. The second kappa shape index (κ2) is 6.30. The molecule has 13 heavy (non-hydrogen) atoms. The van der Waals surface area contributed by atoms with E-state index >= 15 is 0 Å². The van der Waals surface area contributed by atoms with Crippen molar-refractivity contribution < 1.29 is 4.79 Å². The molecule has 1 unspecified atom stereocenters. The highest BCUT2D eigenvalue weighted by atomic mass is 32.1. The lowest BCUT2D eigenvalue weighted by Gasteiger charge is -2.22. The summed E-state index contributed by atoms with van der Waals surface area (Å²) in [5.74, 6) is 0.451. The highest BCUT2D eigenvalue weighted by Gasteiger charge is 2.20. The molecular weight excluding hydrogens is 182 g/mol. The Morgan fingerprint density at radius 3 is 2.38 bits per heavy atom. The zero-order chi connectivity index (χ0) is 10.4. The number of unbranched alkanes of at least 4 members (excludes halogenated alkanes) is 1. The third kappa shape index (κ3) is 4.55. The van der Waals surface area contributed by atoms with E-state index in [2.05, 4.69) is 19.6 Å². The predicted molar refractivity (Wildman–Crippen MR) is 60.2 cm³/mol. The van der Waals surface area contributed by atoms with Crippen LogP contribution in [0, 0.1) is 5.92 Å². The molecule has 0 aromatic carbocycles. The van der Waals surface area contributed by atoms with Crippen molar-refractivity contribution in [2.75, 3.05) is 13.6 Å². The van der Waals surface area contributed by atoms with Crippen LogP contribution in [0.1, 0.15) is 33.6 Å². The number of carbonyl (C=O) groups excluding carboxylic acids is 1. The van der Waals surface area contributed by atoms with Gasteiger partial charge in [-0.05, 0) is 12.3 Å². The molecule has 1 atom stereocenters.